The van der Waals surface area contributed by atoms with Crippen molar-refractivity contribution >= 4 is 34.8 Å². The predicted octanol–water partition coefficient (Wildman–Crippen LogP) is 2.46. The van der Waals surface area contributed by atoms with E-state index in [-0.39, 0.29) is 6.54 Å². The number of carbonyl (C=O) groups excluding carboxylic acids is 3. The molecule has 1 aromatic carbocycles. The molecule has 29 heavy (non-hydrogen) atoms. The Kier molecular flexibility index (Phi) is 6.43. The molecule has 8 nitrogen and oxygen atoms in total. The van der Waals surface area contributed by atoms with E-state index in [1.165, 1.54) is 49.0 Å². The average molecular weight is 414 g/mol. The minimum absolute atomic E-state index is 0.142. The zero-order valence-corrected chi connectivity index (χ0v) is 16.2. The molecule has 1 unspecified atom stereocenters. The van der Waals surface area contributed by atoms with E-state index in [1.807, 2.05) is 0 Å². The molecule has 0 aliphatic heterocycles. The second-order valence-electron chi connectivity index (χ2n) is 5.93. The average Bonchev–Trinajstić information content (AvgIpc) is 3.43. The Morgan fingerprint density at radius 1 is 1.10 bits per heavy atom. The van der Waals surface area contributed by atoms with Gasteiger partial charge in [0.1, 0.15) is 11.9 Å². The van der Waals surface area contributed by atoms with Crippen molar-refractivity contribution in [2.75, 3.05) is 12.4 Å². The second-order valence-corrected chi connectivity index (χ2v) is 7.13. The number of esters is 1. The molecular formula is C20H18N2O6S. The summed E-state index contributed by atoms with van der Waals surface area (Å²) >= 11 is 1.30. The number of aliphatic hydroxyl groups excluding tert-OH is 1. The third kappa shape index (κ3) is 5.09. The van der Waals surface area contributed by atoms with Crippen LogP contribution in [0.4, 0.5) is 5.69 Å². The third-order valence-electron chi connectivity index (χ3n) is 3.96. The Hall–Kier alpha value is -3.43. The molecule has 0 saturated heterocycles. The van der Waals surface area contributed by atoms with Gasteiger partial charge in [-0.05, 0) is 48.5 Å². The van der Waals surface area contributed by atoms with Gasteiger partial charge in [-0.2, -0.15) is 0 Å². The van der Waals surface area contributed by atoms with E-state index >= 15 is 0 Å². The molecule has 3 N–H and O–H groups in total. The van der Waals surface area contributed by atoms with E-state index in [4.69, 9.17) is 4.42 Å². The highest BCUT2D eigenvalue weighted by Crippen LogP contribution is 2.28. The van der Waals surface area contributed by atoms with Gasteiger partial charge in [-0.25, -0.2) is 4.79 Å². The molecule has 0 radical (unpaired) electrons. The molecule has 2 heterocycles. The van der Waals surface area contributed by atoms with Crippen LogP contribution in [-0.4, -0.2) is 30.0 Å². The zero-order chi connectivity index (χ0) is 20.8. The van der Waals surface area contributed by atoms with Gasteiger partial charge in [0.05, 0.1) is 25.5 Å². The molecule has 2 amide bonds. The first-order valence-electron chi connectivity index (χ1n) is 8.55. The molecule has 0 saturated carbocycles. The SMILES string of the molecule is COC(=O)c1ccc(NC(=O)C(=O)NCc2ccc(C(O)c3ccco3)s2)cc1. The molecule has 3 aromatic rings. The Bertz CT molecular complexity index is 994. The summed E-state index contributed by atoms with van der Waals surface area (Å²) in [4.78, 5) is 36.9. The molecule has 150 valence electrons. The fourth-order valence-corrected chi connectivity index (χ4v) is 3.41. The second kappa shape index (κ2) is 9.18. The van der Waals surface area contributed by atoms with Crippen molar-refractivity contribution in [3.63, 3.8) is 0 Å². The van der Waals surface area contributed by atoms with Crippen molar-refractivity contribution in [2.45, 2.75) is 12.6 Å². The molecule has 0 fully saturated rings. The van der Waals surface area contributed by atoms with Gasteiger partial charge in [0.15, 0.2) is 0 Å². The van der Waals surface area contributed by atoms with Crippen LogP contribution in [0.3, 0.4) is 0 Å². The van der Waals surface area contributed by atoms with Crippen LogP contribution in [-0.2, 0) is 20.9 Å². The Balaban J connectivity index is 1.51. The largest absolute Gasteiger partial charge is 0.466 e. The van der Waals surface area contributed by atoms with E-state index in [1.54, 1.807) is 24.3 Å². The van der Waals surface area contributed by atoms with Crippen LogP contribution in [0.1, 0.15) is 32.0 Å². The number of aliphatic hydroxyl groups is 1. The van der Waals surface area contributed by atoms with Gasteiger partial charge < -0.3 is 24.9 Å². The maximum atomic E-state index is 12.0. The maximum absolute atomic E-state index is 12.0. The quantitative estimate of drug-likeness (QED) is 0.421. The first kappa shape index (κ1) is 20.3. The highest BCUT2D eigenvalue weighted by atomic mass is 32.1. The number of nitrogens with one attached hydrogen (secondary N) is 2. The lowest BCUT2D eigenvalue weighted by molar-refractivity contribution is -0.136. The Morgan fingerprint density at radius 3 is 2.52 bits per heavy atom. The molecule has 0 aliphatic rings. The normalized spacial score (nSPS) is 11.5. The van der Waals surface area contributed by atoms with Crippen LogP contribution in [0.5, 0.6) is 0 Å². The van der Waals surface area contributed by atoms with Crippen LogP contribution in [0.25, 0.3) is 0 Å². The summed E-state index contributed by atoms with van der Waals surface area (Å²) in [6.45, 7) is 0.142. The zero-order valence-electron chi connectivity index (χ0n) is 15.4. The van der Waals surface area contributed by atoms with E-state index in [0.29, 0.717) is 21.9 Å². The van der Waals surface area contributed by atoms with Crippen molar-refractivity contribution < 1.29 is 28.6 Å². The molecular weight excluding hydrogens is 396 g/mol. The first-order chi connectivity index (χ1) is 14.0. The van der Waals surface area contributed by atoms with Gasteiger partial charge in [-0.3, -0.25) is 9.59 Å². The third-order valence-corrected chi connectivity index (χ3v) is 5.10. The number of rotatable bonds is 6. The number of anilines is 1. The lowest BCUT2D eigenvalue weighted by Gasteiger charge is -2.07. The van der Waals surface area contributed by atoms with Crippen LogP contribution in [0.15, 0.2) is 59.2 Å². The number of amides is 2. The number of furan rings is 1. The fraction of sp³-hybridized carbons (Fsp3) is 0.150. The van der Waals surface area contributed by atoms with Crippen molar-refractivity contribution in [3.05, 3.63) is 75.9 Å². The first-order valence-corrected chi connectivity index (χ1v) is 9.37. The highest BCUT2D eigenvalue weighted by molar-refractivity contribution is 7.12. The van der Waals surface area contributed by atoms with Gasteiger partial charge in [0.25, 0.3) is 0 Å². The summed E-state index contributed by atoms with van der Waals surface area (Å²) < 4.78 is 9.78. The topological polar surface area (TPSA) is 118 Å². The van der Waals surface area contributed by atoms with E-state index in [2.05, 4.69) is 15.4 Å². The van der Waals surface area contributed by atoms with E-state index in [0.717, 1.165) is 4.88 Å². The molecule has 0 bridgehead atoms. The predicted molar refractivity (Wildman–Crippen MR) is 105 cm³/mol. The molecule has 1 atom stereocenters. The number of ether oxygens (including phenoxy) is 1. The van der Waals surface area contributed by atoms with Crippen LogP contribution in [0, 0.1) is 0 Å². The van der Waals surface area contributed by atoms with Crippen molar-refractivity contribution in [2.24, 2.45) is 0 Å². The fourth-order valence-electron chi connectivity index (χ4n) is 2.47. The molecule has 0 spiro atoms. The smallest absolute Gasteiger partial charge is 0.337 e. The monoisotopic (exact) mass is 414 g/mol. The van der Waals surface area contributed by atoms with E-state index < -0.39 is 23.9 Å². The summed E-state index contributed by atoms with van der Waals surface area (Å²) in [5, 5.41) is 15.2. The lowest BCUT2D eigenvalue weighted by Crippen LogP contribution is -2.34. The summed E-state index contributed by atoms with van der Waals surface area (Å²) in [6, 6.07) is 12.8. The molecule has 0 aliphatic carbocycles. The number of hydrogen-bond donors (Lipinski definition) is 3. The van der Waals surface area contributed by atoms with Gasteiger partial charge in [0.2, 0.25) is 0 Å². The van der Waals surface area contributed by atoms with Gasteiger partial charge in [-0.15, -0.1) is 11.3 Å². The standard InChI is InChI=1S/C20H18N2O6S/c1-27-20(26)12-4-6-13(7-5-12)22-19(25)18(24)21-11-14-8-9-16(29-14)17(23)15-3-2-10-28-15/h2-10,17,23H,11H2,1H3,(H,21,24)(H,22,25). The number of hydrogen-bond acceptors (Lipinski definition) is 7. The highest BCUT2D eigenvalue weighted by Gasteiger charge is 2.17. The van der Waals surface area contributed by atoms with Crippen LogP contribution >= 0.6 is 11.3 Å². The lowest BCUT2D eigenvalue weighted by atomic mass is 10.2. The molecule has 9 heteroatoms. The van der Waals surface area contributed by atoms with Crippen molar-refractivity contribution in [1.29, 1.82) is 0 Å². The number of thiophene rings is 1. The van der Waals surface area contributed by atoms with Gasteiger partial charge >= 0.3 is 17.8 Å². The molecule has 2 aromatic heterocycles. The van der Waals surface area contributed by atoms with Crippen LogP contribution < -0.4 is 10.6 Å². The number of methoxy groups -OCH3 is 1. The Labute approximate surface area is 170 Å². The molecule has 3 rings (SSSR count). The summed E-state index contributed by atoms with van der Waals surface area (Å²) in [7, 11) is 1.27. The van der Waals surface area contributed by atoms with E-state index in [9.17, 15) is 19.5 Å². The minimum atomic E-state index is -0.879. The maximum Gasteiger partial charge on any atom is 0.337 e. The van der Waals surface area contributed by atoms with Crippen LogP contribution in [0.2, 0.25) is 0 Å². The summed E-state index contributed by atoms with van der Waals surface area (Å²) in [5.41, 5.74) is 0.706. The van der Waals surface area contributed by atoms with Gasteiger partial charge in [0, 0.05) is 15.4 Å². The Morgan fingerprint density at radius 2 is 1.86 bits per heavy atom. The number of benzene rings is 1. The number of carbonyl (C=O) groups is 3. The summed E-state index contributed by atoms with van der Waals surface area (Å²) in [5.74, 6) is -1.69. The minimum Gasteiger partial charge on any atom is -0.466 e. The van der Waals surface area contributed by atoms with Gasteiger partial charge in [-0.1, -0.05) is 0 Å². The summed E-state index contributed by atoms with van der Waals surface area (Å²) in [6.07, 6.45) is 0.602. The van der Waals surface area contributed by atoms with Crippen molar-refractivity contribution in [1.82, 2.24) is 5.32 Å². The van der Waals surface area contributed by atoms with Crippen molar-refractivity contribution in [3.8, 4) is 0 Å².